The monoisotopic (exact) mass is 485 g/mol. The maximum Gasteiger partial charge on any atom is 0.202 e. The van der Waals surface area contributed by atoms with Crippen molar-refractivity contribution >= 4 is 28.2 Å². The minimum Gasteiger partial charge on any atom is -0.382 e. The zero-order valence-corrected chi connectivity index (χ0v) is 20.9. The van der Waals surface area contributed by atoms with Gasteiger partial charge in [0.05, 0.1) is 12.1 Å². The maximum atomic E-state index is 6.17. The van der Waals surface area contributed by atoms with E-state index in [4.69, 9.17) is 26.1 Å². The number of anilines is 1. The van der Waals surface area contributed by atoms with Crippen LogP contribution in [0.15, 0.2) is 30.5 Å². The fraction of sp³-hybridized carbons (Fsp3) is 0.667. The zero-order valence-electron chi connectivity index (χ0n) is 20.2. The first-order valence-corrected chi connectivity index (χ1v) is 13.3. The first kappa shape index (κ1) is 23.0. The molecule has 1 aromatic heterocycles. The van der Waals surface area contributed by atoms with Crippen molar-refractivity contribution in [3.63, 3.8) is 0 Å². The summed E-state index contributed by atoms with van der Waals surface area (Å²) in [6, 6.07) is 9.77. The van der Waals surface area contributed by atoms with E-state index in [-0.39, 0.29) is 5.60 Å². The van der Waals surface area contributed by atoms with Gasteiger partial charge in [-0.25, -0.2) is 9.78 Å². The lowest BCUT2D eigenvalue weighted by atomic mass is 9.90. The summed E-state index contributed by atoms with van der Waals surface area (Å²) in [5.74, 6) is 0.852. The topological polar surface area (TPSA) is 64.6 Å². The molecule has 6 nitrogen and oxygen atoms in total. The molecule has 1 saturated heterocycles. The molecule has 0 radical (unpaired) electrons. The Hall–Kier alpha value is -1.44. The van der Waals surface area contributed by atoms with Gasteiger partial charge in [0.25, 0.3) is 0 Å². The molecular formula is C27H36ClN3O3. The van der Waals surface area contributed by atoms with E-state index in [1.165, 1.54) is 38.5 Å². The van der Waals surface area contributed by atoms with E-state index in [2.05, 4.69) is 27.8 Å². The Morgan fingerprint density at radius 3 is 2.38 bits per heavy atom. The van der Waals surface area contributed by atoms with Crippen LogP contribution in [0.5, 0.6) is 0 Å². The van der Waals surface area contributed by atoms with E-state index in [9.17, 15) is 0 Å². The molecular weight excluding hydrogens is 450 g/mol. The second kappa shape index (κ2) is 8.90. The van der Waals surface area contributed by atoms with Crippen molar-refractivity contribution in [3.8, 4) is 0 Å². The van der Waals surface area contributed by atoms with Gasteiger partial charge in [-0.2, -0.15) is 0 Å². The maximum absolute atomic E-state index is 6.17. The van der Waals surface area contributed by atoms with Crippen LogP contribution in [0.1, 0.15) is 65.2 Å². The first-order valence-electron chi connectivity index (χ1n) is 12.9. The highest BCUT2D eigenvalue weighted by molar-refractivity contribution is 6.31. The van der Waals surface area contributed by atoms with Crippen molar-refractivity contribution in [2.45, 2.75) is 94.7 Å². The van der Waals surface area contributed by atoms with Crippen molar-refractivity contribution in [2.24, 2.45) is 11.8 Å². The molecule has 3 saturated carbocycles. The lowest BCUT2D eigenvalue weighted by Crippen LogP contribution is -2.48. The number of hydrogen-bond acceptors (Lipinski definition) is 6. The second-order valence-electron chi connectivity index (χ2n) is 11.6. The van der Waals surface area contributed by atoms with E-state index < -0.39 is 5.79 Å². The van der Waals surface area contributed by atoms with E-state index >= 15 is 0 Å². The van der Waals surface area contributed by atoms with Crippen LogP contribution in [0, 0.1) is 11.8 Å². The van der Waals surface area contributed by atoms with Gasteiger partial charge >= 0.3 is 0 Å². The van der Waals surface area contributed by atoms with Gasteiger partial charge in [0.2, 0.25) is 5.79 Å². The van der Waals surface area contributed by atoms with Gasteiger partial charge in [-0.3, -0.25) is 4.98 Å². The van der Waals surface area contributed by atoms with Crippen molar-refractivity contribution < 1.29 is 14.5 Å². The molecule has 184 valence electrons. The Morgan fingerprint density at radius 2 is 1.68 bits per heavy atom. The first-order chi connectivity index (χ1) is 16.4. The van der Waals surface area contributed by atoms with E-state index in [1.807, 2.05) is 32.2 Å². The van der Waals surface area contributed by atoms with Crippen LogP contribution < -0.4 is 10.6 Å². The van der Waals surface area contributed by atoms with Gasteiger partial charge in [0.1, 0.15) is 5.60 Å². The summed E-state index contributed by atoms with van der Waals surface area (Å²) in [6.07, 6.45) is 11.1. The molecule has 6 rings (SSSR count). The smallest absolute Gasteiger partial charge is 0.202 e. The summed E-state index contributed by atoms with van der Waals surface area (Å²) in [5.41, 5.74) is 1.76. The van der Waals surface area contributed by atoms with Crippen LogP contribution in [-0.4, -0.2) is 41.1 Å². The fourth-order valence-electron chi connectivity index (χ4n) is 6.66. The quantitative estimate of drug-likeness (QED) is 0.530. The third-order valence-corrected chi connectivity index (χ3v) is 8.59. The average Bonchev–Trinajstić information content (AvgIpc) is 3.33. The minimum absolute atomic E-state index is 0.348. The summed E-state index contributed by atoms with van der Waals surface area (Å²) < 4.78 is 6.17. The van der Waals surface area contributed by atoms with Crippen molar-refractivity contribution in [3.05, 3.63) is 35.5 Å². The van der Waals surface area contributed by atoms with Crippen LogP contribution in [0.3, 0.4) is 0 Å². The number of aromatic nitrogens is 1. The largest absolute Gasteiger partial charge is 0.382 e. The van der Waals surface area contributed by atoms with Crippen LogP contribution in [0.25, 0.3) is 10.9 Å². The number of rotatable bonds is 4. The third kappa shape index (κ3) is 4.68. The van der Waals surface area contributed by atoms with Gasteiger partial charge < -0.3 is 15.4 Å². The van der Waals surface area contributed by atoms with Crippen LogP contribution in [-0.2, 0) is 14.5 Å². The Bertz CT molecular complexity index is 1010. The number of pyridine rings is 1. The van der Waals surface area contributed by atoms with Crippen LogP contribution in [0.4, 0.5) is 5.69 Å². The molecule has 4 aliphatic rings. The highest BCUT2D eigenvalue weighted by Gasteiger charge is 2.55. The Labute approximate surface area is 207 Å². The van der Waals surface area contributed by atoms with Crippen molar-refractivity contribution in [1.82, 2.24) is 10.3 Å². The molecule has 7 heteroatoms. The SMILES string of the molecule is CC1(C)COC2(C[C@H]3CC(NC4CCC(Nc5ccnc6cc(Cl)ccc56)CC4)C[C@H]3C2)OO1. The zero-order chi connectivity index (χ0) is 23.3. The van der Waals surface area contributed by atoms with E-state index in [0.29, 0.717) is 36.6 Å². The molecule has 4 atom stereocenters. The number of benzene rings is 1. The molecule has 34 heavy (non-hydrogen) atoms. The molecule has 2 aromatic rings. The molecule has 1 aromatic carbocycles. The van der Waals surface area contributed by atoms with Crippen LogP contribution in [0.2, 0.25) is 5.02 Å². The van der Waals surface area contributed by atoms with Gasteiger partial charge in [-0.05, 0) is 88.5 Å². The standard InChI is InChI=1S/C27H36ClN3O3/c1-26(2)16-32-27(34-33-26)14-17-11-22(12-18(17)15-27)30-20-4-6-21(7-5-20)31-24-9-10-29-25-13-19(28)3-8-23(24)25/h3,8-10,13,17-18,20-22,30H,4-7,11-12,14-16H2,1-2H3,(H,29,31)/t17-,18+,20?,21?,22?,27?. The van der Waals surface area contributed by atoms with E-state index in [0.717, 1.165) is 34.5 Å². The molecule has 4 fully saturated rings. The molecule has 1 spiro atoms. The third-order valence-electron chi connectivity index (χ3n) is 8.35. The van der Waals surface area contributed by atoms with Crippen LogP contribution >= 0.6 is 11.6 Å². The Morgan fingerprint density at radius 1 is 0.941 bits per heavy atom. The molecule has 2 N–H and O–H groups in total. The van der Waals surface area contributed by atoms with E-state index in [1.54, 1.807) is 0 Å². The predicted molar refractivity (Wildman–Crippen MR) is 134 cm³/mol. The average molecular weight is 486 g/mol. The molecule has 2 unspecified atom stereocenters. The summed E-state index contributed by atoms with van der Waals surface area (Å²) in [7, 11) is 0. The van der Waals surface area contributed by atoms with Crippen molar-refractivity contribution in [1.29, 1.82) is 0 Å². The lowest BCUT2D eigenvalue weighted by molar-refractivity contribution is -0.506. The number of nitrogens with one attached hydrogen (secondary N) is 2. The second-order valence-corrected chi connectivity index (χ2v) is 12.0. The summed E-state index contributed by atoms with van der Waals surface area (Å²) in [4.78, 5) is 15.9. The number of nitrogens with zero attached hydrogens (tertiary/aromatic N) is 1. The van der Waals surface area contributed by atoms with Gasteiger partial charge in [-0.1, -0.05) is 11.6 Å². The minimum atomic E-state index is -0.498. The Kier molecular flexibility index (Phi) is 6.01. The Balaban J connectivity index is 0.979. The molecule has 3 aliphatic carbocycles. The van der Waals surface area contributed by atoms with Gasteiger partial charge in [-0.15, -0.1) is 0 Å². The van der Waals surface area contributed by atoms with Gasteiger partial charge in [0.15, 0.2) is 0 Å². The normalized spacial score (nSPS) is 37.2. The number of ether oxygens (including phenoxy) is 1. The van der Waals surface area contributed by atoms with Crippen molar-refractivity contribution in [2.75, 3.05) is 11.9 Å². The highest BCUT2D eigenvalue weighted by atomic mass is 35.5. The lowest BCUT2D eigenvalue weighted by Gasteiger charge is -2.40. The fourth-order valence-corrected chi connectivity index (χ4v) is 6.83. The molecule has 0 amide bonds. The summed E-state index contributed by atoms with van der Waals surface area (Å²) in [6.45, 7) is 4.62. The molecule has 2 heterocycles. The number of hydrogen-bond donors (Lipinski definition) is 2. The summed E-state index contributed by atoms with van der Waals surface area (Å²) in [5, 5.41) is 9.65. The number of halogens is 1. The predicted octanol–water partition coefficient (Wildman–Crippen LogP) is 5.84. The van der Waals surface area contributed by atoms with Gasteiger partial charge in [0, 0.05) is 53.3 Å². The molecule has 1 aliphatic heterocycles. The summed E-state index contributed by atoms with van der Waals surface area (Å²) >= 11 is 6.14. The molecule has 0 bridgehead atoms. The number of fused-ring (bicyclic) bond motifs is 2. The highest BCUT2D eigenvalue weighted by Crippen LogP contribution is 2.52.